The van der Waals surface area contributed by atoms with Gasteiger partial charge in [-0.2, -0.15) is 5.10 Å². The van der Waals surface area contributed by atoms with Gasteiger partial charge in [-0.05, 0) is 32.1 Å². The Morgan fingerprint density at radius 2 is 2.00 bits per heavy atom. The molecule has 0 bridgehead atoms. The van der Waals surface area contributed by atoms with Crippen molar-refractivity contribution in [2.24, 2.45) is 5.92 Å². The van der Waals surface area contributed by atoms with Gasteiger partial charge in [0.1, 0.15) is 17.1 Å². The first-order chi connectivity index (χ1) is 13.5. The van der Waals surface area contributed by atoms with Crippen molar-refractivity contribution in [3.63, 3.8) is 0 Å². The summed E-state index contributed by atoms with van der Waals surface area (Å²) >= 11 is 0. The second-order valence-electron chi connectivity index (χ2n) is 7.94. The highest BCUT2D eigenvalue weighted by Crippen LogP contribution is 2.23. The number of likely N-dealkylation sites (tertiary alicyclic amines) is 1. The Bertz CT molecular complexity index is 1070. The van der Waals surface area contributed by atoms with Crippen LogP contribution in [0.1, 0.15) is 51.1 Å². The molecule has 7 nitrogen and oxygen atoms in total. The monoisotopic (exact) mass is 384 g/mol. The van der Waals surface area contributed by atoms with Gasteiger partial charge in [0.15, 0.2) is 5.58 Å². The fourth-order valence-corrected chi connectivity index (χ4v) is 4.09. The largest absolute Gasteiger partial charge is 0.460 e. The Kier molecular flexibility index (Phi) is 5.00. The maximum Gasteiger partial charge on any atom is 0.291 e. The molecule has 4 rings (SSSR count). The summed E-state index contributed by atoms with van der Waals surface area (Å²) in [6.07, 6.45) is 3.94. The van der Waals surface area contributed by atoms with Crippen molar-refractivity contribution in [1.82, 2.24) is 19.1 Å². The highest BCUT2D eigenvalue weighted by atomic mass is 16.3. The molecule has 0 N–H and O–H groups in total. The summed E-state index contributed by atoms with van der Waals surface area (Å²) in [6.45, 7) is 8.31. The van der Waals surface area contributed by atoms with Gasteiger partial charge < -0.3 is 9.32 Å². The van der Waals surface area contributed by atoms with Crippen LogP contribution < -0.4 is 5.56 Å². The van der Waals surface area contributed by atoms with E-state index in [2.05, 4.69) is 12.0 Å². The van der Waals surface area contributed by atoms with Crippen LogP contribution in [0.2, 0.25) is 0 Å². The van der Waals surface area contributed by atoms with Crippen LogP contribution in [-0.4, -0.2) is 38.1 Å². The molecule has 1 aliphatic rings. The van der Waals surface area contributed by atoms with Crippen molar-refractivity contribution in [2.45, 2.75) is 59.4 Å². The molecule has 0 aliphatic carbocycles. The Labute approximate surface area is 163 Å². The number of hydrogen-bond donors (Lipinski definition) is 0. The van der Waals surface area contributed by atoms with E-state index in [1.165, 1.54) is 4.68 Å². The number of furan rings is 1. The number of aromatic nitrogens is 3. The summed E-state index contributed by atoms with van der Waals surface area (Å²) < 4.78 is 9.09. The zero-order valence-electron chi connectivity index (χ0n) is 16.9. The minimum atomic E-state index is -0.138. The van der Waals surface area contributed by atoms with Crippen LogP contribution in [0.15, 0.2) is 21.3 Å². The van der Waals surface area contributed by atoms with Gasteiger partial charge in [-0.25, -0.2) is 4.68 Å². The maximum atomic E-state index is 12.9. The molecule has 0 atom stereocenters. The van der Waals surface area contributed by atoms with Gasteiger partial charge in [0.2, 0.25) is 5.91 Å². The normalized spacial score (nSPS) is 15.8. The van der Waals surface area contributed by atoms with Crippen LogP contribution >= 0.6 is 0 Å². The molecular weight excluding hydrogens is 356 g/mol. The van der Waals surface area contributed by atoms with E-state index in [9.17, 15) is 9.59 Å². The van der Waals surface area contributed by atoms with E-state index in [4.69, 9.17) is 4.42 Å². The lowest BCUT2D eigenvalue weighted by Crippen LogP contribution is -2.38. The molecule has 0 radical (unpaired) electrons. The van der Waals surface area contributed by atoms with Crippen molar-refractivity contribution < 1.29 is 9.21 Å². The molecule has 7 heteroatoms. The standard InChI is InChI=1S/C21H28N4O3/c1-4-19-22-24(9-5-6-20(26)23-10-7-14(2)8-11-23)21(27)17-13-18-16(25(17)19)12-15(3)28-18/h12-14H,4-11H2,1-3H3. The number of hydrogen-bond acceptors (Lipinski definition) is 4. The molecule has 0 unspecified atom stereocenters. The van der Waals surface area contributed by atoms with Crippen molar-refractivity contribution >= 4 is 22.5 Å². The predicted molar refractivity (Wildman–Crippen MR) is 108 cm³/mol. The van der Waals surface area contributed by atoms with Crippen LogP contribution in [0.25, 0.3) is 16.6 Å². The van der Waals surface area contributed by atoms with E-state index in [-0.39, 0.29) is 11.5 Å². The first-order valence-electron chi connectivity index (χ1n) is 10.3. The SMILES string of the molecule is CCc1nn(CCCC(=O)N2CCC(C)CC2)c(=O)c2cc3oc(C)cc3n12. The quantitative estimate of drug-likeness (QED) is 0.677. The van der Waals surface area contributed by atoms with E-state index in [1.54, 1.807) is 6.07 Å². The number of aryl methyl sites for hydroxylation is 3. The molecule has 0 aromatic carbocycles. The van der Waals surface area contributed by atoms with Gasteiger partial charge in [0.25, 0.3) is 5.56 Å². The van der Waals surface area contributed by atoms with Crippen molar-refractivity contribution in [3.05, 3.63) is 34.1 Å². The molecule has 1 amide bonds. The molecule has 4 heterocycles. The predicted octanol–water partition coefficient (Wildman–Crippen LogP) is 3.15. The molecule has 1 aliphatic heterocycles. The van der Waals surface area contributed by atoms with Crippen LogP contribution in [-0.2, 0) is 17.8 Å². The molecule has 150 valence electrons. The number of piperidine rings is 1. The molecule has 1 fully saturated rings. The maximum absolute atomic E-state index is 12.9. The number of fused-ring (bicyclic) bond motifs is 3. The van der Waals surface area contributed by atoms with E-state index >= 15 is 0 Å². The summed E-state index contributed by atoms with van der Waals surface area (Å²) in [5.74, 6) is 2.53. The molecule has 0 spiro atoms. The molecular formula is C21H28N4O3. The smallest absolute Gasteiger partial charge is 0.291 e. The van der Waals surface area contributed by atoms with Gasteiger partial charge in [0.05, 0.1) is 5.52 Å². The second kappa shape index (κ2) is 7.45. The molecule has 3 aromatic rings. The third kappa shape index (κ3) is 3.34. The van der Waals surface area contributed by atoms with Crippen molar-refractivity contribution in [3.8, 4) is 0 Å². The third-order valence-corrected chi connectivity index (χ3v) is 5.77. The van der Waals surface area contributed by atoms with E-state index < -0.39 is 0 Å². The number of nitrogens with zero attached hydrogens (tertiary/aromatic N) is 4. The first kappa shape index (κ1) is 18.8. The number of amides is 1. The second-order valence-corrected chi connectivity index (χ2v) is 7.94. The number of carbonyl (C=O) groups excluding carboxylic acids is 1. The number of rotatable bonds is 5. The summed E-state index contributed by atoms with van der Waals surface area (Å²) in [7, 11) is 0. The molecule has 0 saturated carbocycles. The Morgan fingerprint density at radius 1 is 1.25 bits per heavy atom. The minimum Gasteiger partial charge on any atom is -0.460 e. The van der Waals surface area contributed by atoms with E-state index in [1.807, 2.05) is 29.2 Å². The van der Waals surface area contributed by atoms with E-state index in [0.717, 1.165) is 43.0 Å². The lowest BCUT2D eigenvalue weighted by molar-refractivity contribution is -0.132. The highest BCUT2D eigenvalue weighted by molar-refractivity contribution is 5.83. The van der Waals surface area contributed by atoms with Gasteiger partial charge in [-0.15, -0.1) is 0 Å². The summed E-state index contributed by atoms with van der Waals surface area (Å²) in [5.41, 5.74) is 2.03. The Balaban J connectivity index is 1.52. The average molecular weight is 384 g/mol. The summed E-state index contributed by atoms with van der Waals surface area (Å²) in [6, 6.07) is 3.73. The van der Waals surface area contributed by atoms with E-state index in [0.29, 0.717) is 42.8 Å². The Morgan fingerprint density at radius 3 is 2.71 bits per heavy atom. The van der Waals surface area contributed by atoms with Crippen molar-refractivity contribution in [2.75, 3.05) is 13.1 Å². The zero-order chi connectivity index (χ0) is 19.8. The zero-order valence-corrected chi connectivity index (χ0v) is 16.9. The van der Waals surface area contributed by atoms with Gasteiger partial charge in [0, 0.05) is 44.6 Å². The fourth-order valence-electron chi connectivity index (χ4n) is 4.09. The molecule has 3 aromatic heterocycles. The van der Waals surface area contributed by atoms with Crippen molar-refractivity contribution in [1.29, 1.82) is 0 Å². The molecule has 1 saturated heterocycles. The van der Waals surface area contributed by atoms with Crippen LogP contribution in [0.5, 0.6) is 0 Å². The van der Waals surface area contributed by atoms with Gasteiger partial charge in [-0.3, -0.25) is 14.0 Å². The summed E-state index contributed by atoms with van der Waals surface area (Å²) in [4.78, 5) is 27.3. The highest BCUT2D eigenvalue weighted by Gasteiger charge is 2.20. The fraction of sp³-hybridized carbons (Fsp3) is 0.571. The Hall–Kier alpha value is -2.57. The average Bonchev–Trinajstić information content (AvgIpc) is 3.20. The van der Waals surface area contributed by atoms with Crippen LogP contribution in [0.4, 0.5) is 0 Å². The number of carbonyl (C=O) groups is 1. The third-order valence-electron chi connectivity index (χ3n) is 5.77. The lowest BCUT2D eigenvalue weighted by atomic mass is 9.99. The lowest BCUT2D eigenvalue weighted by Gasteiger charge is -2.30. The first-order valence-corrected chi connectivity index (χ1v) is 10.3. The minimum absolute atomic E-state index is 0.138. The van der Waals surface area contributed by atoms with Crippen LogP contribution in [0.3, 0.4) is 0 Å². The van der Waals surface area contributed by atoms with Gasteiger partial charge >= 0.3 is 0 Å². The van der Waals surface area contributed by atoms with Crippen LogP contribution in [0, 0.1) is 12.8 Å². The summed E-state index contributed by atoms with van der Waals surface area (Å²) in [5, 5.41) is 4.57. The van der Waals surface area contributed by atoms with Gasteiger partial charge in [-0.1, -0.05) is 13.8 Å². The molecule has 28 heavy (non-hydrogen) atoms. The topological polar surface area (TPSA) is 72.8 Å².